The molecule has 0 aliphatic heterocycles. The monoisotopic (exact) mass is 440 g/mol. The first-order valence-corrected chi connectivity index (χ1v) is 12.1. The number of fused-ring (bicyclic) bond motifs is 1. The molecule has 2 aromatic heterocycles. The van der Waals surface area contributed by atoms with Crippen LogP contribution in [0.2, 0.25) is 0 Å². The second-order valence-electron chi connectivity index (χ2n) is 8.58. The van der Waals surface area contributed by atoms with Gasteiger partial charge in [-0.25, -0.2) is 9.50 Å². The summed E-state index contributed by atoms with van der Waals surface area (Å²) in [4.78, 5) is 20.1. The van der Waals surface area contributed by atoms with Gasteiger partial charge < -0.3 is 9.72 Å². The number of H-pyrrole nitrogens is 1. The number of imidazole rings is 1. The van der Waals surface area contributed by atoms with E-state index in [4.69, 9.17) is 4.74 Å². The summed E-state index contributed by atoms with van der Waals surface area (Å²) < 4.78 is 7.42. The van der Waals surface area contributed by atoms with Gasteiger partial charge in [-0.05, 0) is 50.3 Å². The summed E-state index contributed by atoms with van der Waals surface area (Å²) in [7, 11) is 0. The van der Waals surface area contributed by atoms with Crippen molar-refractivity contribution in [2.75, 3.05) is 6.61 Å². The smallest absolute Gasteiger partial charge is 0.277 e. The fourth-order valence-electron chi connectivity index (χ4n) is 3.62. The van der Waals surface area contributed by atoms with Crippen molar-refractivity contribution < 1.29 is 4.74 Å². The molecule has 6 nitrogen and oxygen atoms in total. The van der Waals surface area contributed by atoms with Crippen molar-refractivity contribution in [2.24, 2.45) is 5.92 Å². The molecule has 0 aliphatic rings. The number of rotatable bonds is 9. The van der Waals surface area contributed by atoms with E-state index in [1.807, 2.05) is 32.0 Å². The van der Waals surface area contributed by atoms with Crippen molar-refractivity contribution in [2.45, 2.75) is 87.0 Å². The van der Waals surface area contributed by atoms with E-state index in [-0.39, 0.29) is 5.56 Å². The highest BCUT2D eigenvalue weighted by Crippen LogP contribution is 2.29. The zero-order chi connectivity index (χ0) is 23.7. The van der Waals surface area contributed by atoms with Gasteiger partial charge in [0.1, 0.15) is 11.6 Å². The van der Waals surface area contributed by atoms with Gasteiger partial charge in [0.15, 0.2) is 11.3 Å². The average Bonchev–Trinajstić information content (AvgIpc) is 3.09. The minimum atomic E-state index is -0.179. The van der Waals surface area contributed by atoms with Crippen molar-refractivity contribution >= 4 is 5.52 Å². The number of hydrogen-bond donors (Lipinski definition) is 1. The molecule has 6 heteroatoms. The third-order valence-corrected chi connectivity index (χ3v) is 5.36. The number of hydrogen-bond acceptors (Lipinski definition) is 4. The van der Waals surface area contributed by atoms with Gasteiger partial charge in [-0.2, -0.15) is 0 Å². The first kappa shape index (κ1) is 25.6. The van der Waals surface area contributed by atoms with E-state index in [0.717, 1.165) is 47.9 Å². The second-order valence-corrected chi connectivity index (χ2v) is 8.58. The van der Waals surface area contributed by atoms with E-state index in [9.17, 15) is 4.79 Å². The Kier molecular flexibility index (Phi) is 9.95. The van der Waals surface area contributed by atoms with Crippen LogP contribution in [0.4, 0.5) is 0 Å². The molecule has 2 heterocycles. The normalized spacial score (nSPS) is 11.0. The molecule has 176 valence electrons. The zero-order valence-corrected chi connectivity index (χ0v) is 20.9. The van der Waals surface area contributed by atoms with Crippen molar-refractivity contribution in [1.82, 2.24) is 19.6 Å². The van der Waals surface area contributed by atoms with Gasteiger partial charge in [0.25, 0.3) is 5.56 Å². The number of nitrogens with zero attached hydrogens (tertiary/aromatic N) is 3. The molecule has 3 rings (SSSR count). The van der Waals surface area contributed by atoms with E-state index in [1.54, 1.807) is 4.52 Å². The molecule has 0 atom stereocenters. The molecule has 0 saturated heterocycles. The predicted octanol–water partition coefficient (Wildman–Crippen LogP) is 6.14. The molecule has 0 fully saturated rings. The fourth-order valence-corrected chi connectivity index (χ4v) is 3.62. The van der Waals surface area contributed by atoms with Crippen molar-refractivity contribution in [3.8, 4) is 17.1 Å². The molecule has 0 saturated carbocycles. The van der Waals surface area contributed by atoms with Gasteiger partial charge in [-0.3, -0.25) is 4.79 Å². The number of benzene rings is 1. The Labute approximate surface area is 192 Å². The van der Waals surface area contributed by atoms with Crippen LogP contribution < -0.4 is 10.3 Å². The predicted molar refractivity (Wildman–Crippen MR) is 133 cm³/mol. The van der Waals surface area contributed by atoms with Crippen LogP contribution in [0.15, 0.2) is 23.0 Å². The molecule has 0 spiro atoms. The van der Waals surface area contributed by atoms with E-state index in [2.05, 4.69) is 49.7 Å². The minimum Gasteiger partial charge on any atom is -0.493 e. The first-order chi connectivity index (χ1) is 15.4. The largest absolute Gasteiger partial charge is 0.493 e. The topological polar surface area (TPSA) is 72.3 Å². The van der Waals surface area contributed by atoms with Gasteiger partial charge >= 0.3 is 0 Å². The van der Waals surface area contributed by atoms with Crippen LogP contribution in [0, 0.1) is 12.8 Å². The quantitative estimate of drug-likeness (QED) is 0.434. The van der Waals surface area contributed by atoms with E-state index >= 15 is 0 Å². The molecule has 0 amide bonds. The third kappa shape index (κ3) is 6.44. The maximum Gasteiger partial charge on any atom is 0.277 e. The molecule has 3 aromatic rings. The molecule has 1 aromatic carbocycles. The standard InChI is InChI=1S/C19H24N4O2.C7H16/c1-5-8-16-20-12(4)17-19(24)21-18(22-23(16)17)14-11-13(6-2)9-10-15(14)25-7-3;1-4-5-6-7(2)3/h9-11H,5-8H2,1-4H3,(H,21,22,24);7H,4-6H2,1-3H3. The number of aromatic amines is 1. The second kappa shape index (κ2) is 12.4. The number of ether oxygens (including phenoxy) is 1. The van der Waals surface area contributed by atoms with Crippen LogP contribution in [-0.2, 0) is 12.8 Å². The maximum atomic E-state index is 12.6. The lowest BCUT2D eigenvalue weighted by Gasteiger charge is -2.11. The third-order valence-electron chi connectivity index (χ3n) is 5.36. The Morgan fingerprint density at radius 1 is 1.12 bits per heavy atom. The molecule has 0 radical (unpaired) electrons. The Morgan fingerprint density at radius 3 is 2.44 bits per heavy atom. The molecular formula is C26H40N4O2. The SMILES string of the molecule is CCCCC(C)C.CCCc1nc(C)c2c(=O)[nH]c(-c3cc(CC)ccc3OCC)nn12. The summed E-state index contributed by atoms with van der Waals surface area (Å²) in [5.74, 6) is 2.94. The zero-order valence-electron chi connectivity index (χ0n) is 20.9. The molecule has 0 aliphatic carbocycles. The molecule has 0 bridgehead atoms. The maximum absolute atomic E-state index is 12.6. The summed E-state index contributed by atoms with van der Waals surface area (Å²) in [6.45, 7) is 15.3. The minimum absolute atomic E-state index is 0.179. The Morgan fingerprint density at radius 2 is 1.88 bits per heavy atom. The van der Waals surface area contributed by atoms with Crippen molar-refractivity contribution in [3.63, 3.8) is 0 Å². The van der Waals surface area contributed by atoms with Gasteiger partial charge in [0, 0.05) is 6.42 Å². The summed E-state index contributed by atoms with van der Waals surface area (Å²) in [6, 6.07) is 6.00. The van der Waals surface area contributed by atoms with Gasteiger partial charge in [-0.15, -0.1) is 5.10 Å². The Hall–Kier alpha value is -2.63. The van der Waals surface area contributed by atoms with Crippen molar-refractivity contribution in [1.29, 1.82) is 0 Å². The summed E-state index contributed by atoms with van der Waals surface area (Å²) in [5.41, 5.74) is 3.00. The highest BCUT2D eigenvalue weighted by molar-refractivity contribution is 5.66. The molecule has 32 heavy (non-hydrogen) atoms. The number of aromatic nitrogens is 4. The molecule has 1 N–H and O–H groups in total. The van der Waals surface area contributed by atoms with Crippen LogP contribution in [0.25, 0.3) is 16.9 Å². The summed E-state index contributed by atoms with van der Waals surface area (Å²) >= 11 is 0. The average molecular weight is 441 g/mol. The van der Waals surface area contributed by atoms with Crippen LogP contribution >= 0.6 is 0 Å². The van der Waals surface area contributed by atoms with Gasteiger partial charge in [0.2, 0.25) is 0 Å². The number of nitrogens with one attached hydrogen (secondary N) is 1. The lowest BCUT2D eigenvalue weighted by molar-refractivity contribution is 0.341. The first-order valence-electron chi connectivity index (χ1n) is 12.1. The van der Waals surface area contributed by atoms with Crippen molar-refractivity contribution in [3.05, 3.63) is 45.6 Å². The highest BCUT2D eigenvalue weighted by atomic mass is 16.5. The highest BCUT2D eigenvalue weighted by Gasteiger charge is 2.16. The van der Waals surface area contributed by atoms with Crippen LogP contribution in [0.5, 0.6) is 5.75 Å². The Bertz CT molecular complexity index is 1050. The van der Waals surface area contributed by atoms with Gasteiger partial charge in [-0.1, -0.05) is 59.9 Å². The molecular weight excluding hydrogens is 400 g/mol. The fraction of sp³-hybridized carbons (Fsp3) is 0.577. The number of unbranched alkanes of at least 4 members (excludes halogenated alkanes) is 1. The van der Waals surface area contributed by atoms with Crippen LogP contribution in [-0.4, -0.2) is 26.2 Å². The molecule has 0 unspecified atom stereocenters. The lowest BCUT2D eigenvalue weighted by Crippen LogP contribution is -2.16. The Balaban J connectivity index is 0.000000451. The number of aryl methyl sites for hydroxylation is 3. The summed E-state index contributed by atoms with van der Waals surface area (Å²) in [6.07, 6.45) is 6.76. The van der Waals surface area contributed by atoms with Gasteiger partial charge in [0.05, 0.1) is 17.9 Å². The van der Waals surface area contributed by atoms with Crippen LogP contribution in [0.3, 0.4) is 0 Å². The van der Waals surface area contributed by atoms with Crippen LogP contribution in [0.1, 0.15) is 84.3 Å². The summed E-state index contributed by atoms with van der Waals surface area (Å²) in [5, 5.41) is 4.68. The van der Waals surface area contributed by atoms with E-state index in [0.29, 0.717) is 23.6 Å². The lowest BCUT2D eigenvalue weighted by atomic mass is 10.1. The van der Waals surface area contributed by atoms with E-state index in [1.165, 1.54) is 19.3 Å². The van der Waals surface area contributed by atoms with E-state index < -0.39 is 0 Å².